The number of aliphatic hydroxyl groups excluding tert-OH is 1. The van der Waals surface area contributed by atoms with Gasteiger partial charge in [-0.25, -0.2) is 0 Å². The van der Waals surface area contributed by atoms with Crippen LogP contribution in [0.3, 0.4) is 0 Å². The van der Waals surface area contributed by atoms with Crippen LogP contribution in [0.4, 0.5) is 13.2 Å². The maximum atomic E-state index is 12.7. The van der Waals surface area contributed by atoms with Gasteiger partial charge in [0.1, 0.15) is 0 Å². The second-order valence-electron chi connectivity index (χ2n) is 3.37. The topological polar surface area (TPSA) is 58.3 Å². The van der Waals surface area contributed by atoms with E-state index >= 15 is 0 Å². The molecular formula is C10H13F3N2O. The van der Waals surface area contributed by atoms with Gasteiger partial charge in [0.05, 0.1) is 12.2 Å². The molecule has 3 nitrogen and oxygen atoms in total. The largest absolute Gasteiger partial charge is 0.416 e. The molecule has 4 N–H and O–H groups in total. The first-order valence-corrected chi connectivity index (χ1v) is 4.71. The van der Waals surface area contributed by atoms with Crippen molar-refractivity contribution < 1.29 is 18.3 Å². The summed E-state index contributed by atoms with van der Waals surface area (Å²) in [6, 6.07) is 5.16. The second-order valence-corrected chi connectivity index (χ2v) is 3.37. The fourth-order valence-electron chi connectivity index (χ4n) is 1.53. The van der Waals surface area contributed by atoms with Crippen LogP contribution >= 0.6 is 0 Å². The lowest BCUT2D eigenvalue weighted by Gasteiger charge is -2.19. The van der Waals surface area contributed by atoms with Crippen molar-refractivity contribution in [2.24, 2.45) is 5.84 Å². The van der Waals surface area contributed by atoms with E-state index in [1.165, 1.54) is 18.2 Å². The highest BCUT2D eigenvalue weighted by atomic mass is 19.4. The minimum Gasteiger partial charge on any atom is -0.396 e. The molecule has 0 fully saturated rings. The fourth-order valence-corrected chi connectivity index (χ4v) is 1.53. The number of nitrogens with two attached hydrogens (primary N) is 1. The maximum absolute atomic E-state index is 12.7. The van der Waals surface area contributed by atoms with Crippen molar-refractivity contribution in [3.05, 3.63) is 35.4 Å². The van der Waals surface area contributed by atoms with E-state index in [9.17, 15) is 13.2 Å². The summed E-state index contributed by atoms with van der Waals surface area (Å²) in [7, 11) is 0. The number of aliphatic hydroxyl groups is 1. The van der Waals surface area contributed by atoms with Gasteiger partial charge in [-0.2, -0.15) is 13.2 Å². The molecule has 0 spiro atoms. The molecule has 0 bridgehead atoms. The third-order valence-electron chi connectivity index (χ3n) is 2.29. The van der Waals surface area contributed by atoms with E-state index in [-0.39, 0.29) is 12.1 Å². The van der Waals surface area contributed by atoms with Crippen LogP contribution in [0.1, 0.15) is 17.0 Å². The van der Waals surface area contributed by atoms with Crippen molar-refractivity contribution >= 4 is 0 Å². The van der Waals surface area contributed by atoms with E-state index in [1.807, 2.05) is 0 Å². The van der Waals surface area contributed by atoms with Crippen molar-refractivity contribution in [1.29, 1.82) is 0 Å². The Morgan fingerprint density at radius 1 is 1.31 bits per heavy atom. The minimum absolute atomic E-state index is 0.0513. The van der Waals surface area contributed by atoms with Gasteiger partial charge in [-0.1, -0.05) is 18.2 Å². The standard InChI is InChI=1S/C10H13F3N2O/c11-10(12,13)9-4-2-1-3-8(9)7(6-16)5-15-14/h1-4,7,15-16H,5-6,14H2. The third kappa shape index (κ3) is 2.94. The minimum atomic E-state index is -4.42. The van der Waals surface area contributed by atoms with E-state index in [0.717, 1.165) is 6.07 Å². The monoisotopic (exact) mass is 234 g/mol. The Balaban J connectivity index is 3.11. The lowest BCUT2D eigenvalue weighted by molar-refractivity contribution is -0.138. The van der Waals surface area contributed by atoms with Crippen LogP contribution in [-0.4, -0.2) is 18.3 Å². The van der Waals surface area contributed by atoms with Gasteiger partial charge in [-0.3, -0.25) is 11.3 Å². The third-order valence-corrected chi connectivity index (χ3v) is 2.29. The Labute approximate surface area is 91.0 Å². The quantitative estimate of drug-likeness (QED) is 0.542. The Bertz CT molecular complexity index is 341. The Kier molecular flexibility index (Phi) is 4.28. The molecule has 0 aliphatic rings. The number of alkyl halides is 3. The maximum Gasteiger partial charge on any atom is 0.416 e. The SMILES string of the molecule is NNCC(CO)c1ccccc1C(F)(F)F. The van der Waals surface area contributed by atoms with Crippen LogP contribution in [0, 0.1) is 0 Å². The average Bonchev–Trinajstić information content (AvgIpc) is 2.25. The predicted octanol–water partition coefficient (Wildman–Crippen LogP) is 1.24. The number of benzene rings is 1. The molecule has 0 saturated carbocycles. The molecule has 1 aromatic rings. The van der Waals surface area contributed by atoms with Gasteiger partial charge in [-0.15, -0.1) is 0 Å². The van der Waals surface area contributed by atoms with Gasteiger partial charge in [0, 0.05) is 12.5 Å². The van der Waals surface area contributed by atoms with Crippen LogP contribution in [-0.2, 0) is 6.18 Å². The summed E-state index contributed by atoms with van der Waals surface area (Å²) < 4.78 is 38.0. The molecule has 0 radical (unpaired) electrons. The molecule has 0 amide bonds. The van der Waals surface area contributed by atoms with Crippen molar-refractivity contribution in [3.8, 4) is 0 Å². The van der Waals surface area contributed by atoms with Crippen molar-refractivity contribution in [2.75, 3.05) is 13.2 Å². The zero-order chi connectivity index (χ0) is 12.2. The van der Waals surface area contributed by atoms with Gasteiger partial charge in [0.25, 0.3) is 0 Å². The zero-order valence-electron chi connectivity index (χ0n) is 8.46. The Morgan fingerprint density at radius 3 is 2.44 bits per heavy atom. The highest BCUT2D eigenvalue weighted by Crippen LogP contribution is 2.34. The van der Waals surface area contributed by atoms with Crippen LogP contribution in [0.5, 0.6) is 0 Å². The molecule has 0 aliphatic heterocycles. The van der Waals surface area contributed by atoms with E-state index < -0.39 is 24.3 Å². The average molecular weight is 234 g/mol. The first-order chi connectivity index (χ1) is 7.50. The molecule has 1 rings (SSSR count). The summed E-state index contributed by atoms with van der Waals surface area (Å²) in [6.07, 6.45) is -4.42. The highest BCUT2D eigenvalue weighted by Gasteiger charge is 2.34. The van der Waals surface area contributed by atoms with Crippen LogP contribution in [0.25, 0.3) is 0 Å². The predicted molar refractivity (Wildman–Crippen MR) is 53.5 cm³/mol. The van der Waals surface area contributed by atoms with Gasteiger partial charge >= 0.3 is 6.18 Å². The summed E-state index contributed by atoms with van der Waals surface area (Å²) >= 11 is 0. The van der Waals surface area contributed by atoms with Crippen molar-refractivity contribution in [3.63, 3.8) is 0 Å². The number of hydrogen-bond acceptors (Lipinski definition) is 3. The summed E-state index contributed by atoms with van der Waals surface area (Å²) in [5, 5.41) is 9.04. The fraction of sp³-hybridized carbons (Fsp3) is 0.400. The number of hydrazine groups is 1. The lowest BCUT2D eigenvalue weighted by atomic mass is 9.94. The molecule has 0 heterocycles. The Morgan fingerprint density at radius 2 is 1.94 bits per heavy atom. The van der Waals surface area contributed by atoms with Gasteiger partial charge in [0.15, 0.2) is 0 Å². The van der Waals surface area contributed by atoms with Crippen molar-refractivity contribution in [2.45, 2.75) is 12.1 Å². The van der Waals surface area contributed by atoms with Gasteiger partial charge in [-0.05, 0) is 11.6 Å². The van der Waals surface area contributed by atoms with E-state index in [4.69, 9.17) is 10.9 Å². The van der Waals surface area contributed by atoms with E-state index in [2.05, 4.69) is 5.43 Å². The second kappa shape index (κ2) is 5.29. The number of halogens is 3. The number of hydrogen-bond donors (Lipinski definition) is 3. The first kappa shape index (κ1) is 13.0. The lowest BCUT2D eigenvalue weighted by Crippen LogP contribution is -2.30. The normalized spacial score (nSPS) is 13.8. The summed E-state index contributed by atoms with van der Waals surface area (Å²) in [5.41, 5.74) is 1.59. The number of nitrogens with one attached hydrogen (secondary N) is 1. The Hall–Kier alpha value is -1.11. The van der Waals surface area contributed by atoms with Crippen LogP contribution in [0.15, 0.2) is 24.3 Å². The molecule has 0 aromatic heterocycles. The smallest absolute Gasteiger partial charge is 0.396 e. The highest BCUT2D eigenvalue weighted by molar-refractivity contribution is 5.33. The van der Waals surface area contributed by atoms with E-state index in [1.54, 1.807) is 0 Å². The van der Waals surface area contributed by atoms with Crippen LogP contribution in [0.2, 0.25) is 0 Å². The molecule has 1 atom stereocenters. The molecule has 1 aromatic carbocycles. The molecular weight excluding hydrogens is 221 g/mol. The van der Waals surface area contributed by atoms with E-state index in [0.29, 0.717) is 0 Å². The van der Waals surface area contributed by atoms with Gasteiger partial charge < -0.3 is 5.11 Å². The van der Waals surface area contributed by atoms with Gasteiger partial charge in [0.2, 0.25) is 0 Å². The molecule has 1 unspecified atom stereocenters. The molecule has 16 heavy (non-hydrogen) atoms. The number of rotatable bonds is 4. The molecule has 6 heteroatoms. The molecule has 0 saturated heterocycles. The molecule has 0 aliphatic carbocycles. The summed E-state index contributed by atoms with van der Waals surface area (Å²) in [6.45, 7) is -0.305. The van der Waals surface area contributed by atoms with Crippen LogP contribution < -0.4 is 11.3 Å². The summed E-state index contributed by atoms with van der Waals surface area (Å²) in [5.74, 6) is 4.40. The summed E-state index contributed by atoms with van der Waals surface area (Å²) in [4.78, 5) is 0. The zero-order valence-corrected chi connectivity index (χ0v) is 8.46. The van der Waals surface area contributed by atoms with Crippen molar-refractivity contribution in [1.82, 2.24) is 5.43 Å². The first-order valence-electron chi connectivity index (χ1n) is 4.71. The molecule has 90 valence electrons.